The minimum Gasteiger partial charge on any atom is -0.348 e. The first kappa shape index (κ1) is 17.1. The molecule has 0 unspecified atom stereocenters. The molecule has 2 aromatic rings. The number of hydrogen-bond donors (Lipinski definition) is 1. The van der Waals surface area contributed by atoms with Crippen molar-refractivity contribution in [3.63, 3.8) is 0 Å². The number of rotatable bonds is 4. The molecule has 0 aromatic heterocycles. The maximum atomic E-state index is 12.6. The van der Waals surface area contributed by atoms with Gasteiger partial charge in [0, 0.05) is 17.6 Å². The van der Waals surface area contributed by atoms with Gasteiger partial charge in [0.05, 0.1) is 5.56 Å². The standard InChI is InChI=1S/C17H13ClF3NO/c18-15-7-2-1-5-13(15)11-22-16(23)9-8-12-4-3-6-14(10-12)17(19,20)21/h1-10H,11H2,(H,22,23). The molecule has 2 nitrogen and oxygen atoms in total. The van der Waals surface area contributed by atoms with Gasteiger partial charge in [-0.1, -0.05) is 41.9 Å². The lowest BCUT2D eigenvalue weighted by Crippen LogP contribution is -2.20. The Bertz CT molecular complexity index is 726. The van der Waals surface area contributed by atoms with Crippen LogP contribution in [0.25, 0.3) is 6.08 Å². The number of nitrogens with one attached hydrogen (secondary N) is 1. The average Bonchev–Trinajstić information content (AvgIpc) is 2.51. The quantitative estimate of drug-likeness (QED) is 0.804. The number of carbonyl (C=O) groups excluding carboxylic acids is 1. The maximum Gasteiger partial charge on any atom is 0.416 e. The fourth-order valence-corrected chi connectivity index (χ4v) is 2.08. The van der Waals surface area contributed by atoms with Gasteiger partial charge in [-0.05, 0) is 35.4 Å². The fourth-order valence-electron chi connectivity index (χ4n) is 1.87. The molecule has 2 rings (SSSR count). The normalized spacial score (nSPS) is 11.7. The third-order valence-electron chi connectivity index (χ3n) is 3.05. The van der Waals surface area contributed by atoms with Crippen LogP contribution >= 0.6 is 11.6 Å². The fraction of sp³-hybridized carbons (Fsp3) is 0.118. The van der Waals surface area contributed by atoms with Gasteiger partial charge in [-0.25, -0.2) is 0 Å². The van der Waals surface area contributed by atoms with Gasteiger partial charge in [0.1, 0.15) is 0 Å². The van der Waals surface area contributed by atoms with E-state index in [0.717, 1.165) is 17.7 Å². The van der Waals surface area contributed by atoms with Crippen molar-refractivity contribution < 1.29 is 18.0 Å². The molecule has 0 spiro atoms. The van der Waals surface area contributed by atoms with Crippen molar-refractivity contribution in [2.75, 3.05) is 0 Å². The summed E-state index contributed by atoms with van der Waals surface area (Å²) in [7, 11) is 0. The van der Waals surface area contributed by atoms with Crippen LogP contribution in [0.2, 0.25) is 5.02 Å². The van der Waals surface area contributed by atoms with Crippen LogP contribution in [0.4, 0.5) is 13.2 Å². The summed E-state index contributed by atoms with van der Waals surface area (Å²) in [4.78, 5) is 11.7. The molecule has 0 bridgehead atoms. The predicted molar refractivity (Wildman–Crippen MR) is 83.8 cm³/mol. The van der Waals surface area contributed by atoms with E-state index in [1.165, 1.54) is 24.3 Å². The van der Waals surface area contributed by atoms with Crippen molar-refractivity contribution in [1.82, 2.24) is 5.32 Å². The van der Waals surface area contributed by atoms with Crippen LogP contribution in [-0.4, -0.2) is 5.91 Å². The zero-order valence-electron chi connectivity index (χ0n) is 11.9. The van der Waals surface area contributed by atoms with Crippen LogP contribution in [0.3, 0.4) is 0 Å². The molecule has 6 heteroatoms. The zero-order chi connectivity index (χ0) is 16.9. The molecule has 0 aliphatic rings. The molecular weight excluding hydrogens is 327 g/mol. The van der Waals surface area contributed by atoms with E-state index in [9.17, 15) is 18.0 Å². The molecule has 0 aliphatic heterocycles. The first-order valence-corrected chi connectivity index (χ1v) is 7.10. The van der Waals surface area contributed by atoms with Crippen LogP contribution in [0.1, 0.15) is 16.7 Å². The Balaban J connectivity index is 1.98. The zero-order valence-corrected chi connectivity index (χ0v) is 12.7. The molecule has 120 valence electrons. The van der Waals surface area contributed by atoms with E-state index < -0.39 is 17.6 Å². The number of amides is 1. The van der Waals surface area contributed by atoms with Crippen molar-refractivity contribution in [2.45, 2.75) is 12.7 Å². The summed E-state index contributed by atoms with van der Waals surface area (Å²) in [5.74, 6) is -0.415. The largest absolute Gasteiger partial charge is 0.416 e. The van der Waals surface area contributed by atoms with Crippen LogP contribution in [0.15, 0.2) is 54.6 Å². The monoisotopic (exact) mass is 339 g/mol. The van der Waals surface area contributed by atoms with Crippen molar-refractivity contribution in [2.24, 2.45) is 0 Å². The Morgan fingerprint density at radius 3 is 2.57 bits per heavy atom. The predicted octanol–water partition coefficient (Wildman–Crippen LogP) is 4.69. The first-order valence-electron chi connectivity index (χ1n) is 6.73. The first-order chi connectivity index (χ1) is 10.9. The maximum absolute atomic E-state index is 12.6. The number of hydrogen-bond acceptors (Lipinski definition) is 1. The molecule has 0 saturated carbocycles. The smallest absolute Gasteiger partial charge is 0.348 e. The molecule has 0 fully saturated rings. The van der Waals surface area contributed by atoms with E-state index in [4.69, 9.17) is 11.6 Å². The highest BCUT2D eigenvalue weighted by atomic mass is 35.5. The molecule has 0 radical (unpaired) electrons. The summed E-state index contributed by atoms with van der Waals surface area (Å²) in [5, 5.41) is 3.16. The molecule has 0 heterocycles. The van der Waals surface area contributed by atoms with E-state index >= 15 is 0 Å². The van der Waals surface area contributed by atoms with Gasteiger partial charge in [0.2, 0.25) is 5.91 Å². The van der Waals surface area contributed by atoms with Gasteiger partial charge < -0.3 is 5.32 Å². The van der Waals surface area contributed by atoms with Gasteiger partial charge in [0.15, 0.2) is 0 Å². The summed E-state index contributed by atoms with van der Waals surface area (Å²) in [6, 6.07) is 11.8. The third-order valence-corrected chi connectivity index (χ3v) is 3.42. The highest BCUT2D eigenvalue weighted by molar-refractivity contribution is 6.31. The second kappa shape index (κ2) is 7.33. The van der Waals surface area contributed by atoms with E-state index in [-0.39, 0.29) is 6.54 Å². The molecule has 1 amide bonds. The SMILES string of the molecule is O=C(C=Cc1cccc(C(F)(F)F)c1)NCc1ccccc1Cl. The molecule has 0 atom stereocenters. The minimum atomic E-state index is -4.41. The van der Waals surface area contributed by atoms with E-state index in [0.29, 0.717) is 10.6 Å². The Kier molecular flexibility index (Phi) is 5.45. The Morgan fingerprint density at radius 1 is 1.13 bits per heavy atom. The van der Waals surface area contributed by atoms with Crippen LogP contribution in [0.5, 0.6) is 0 Å². The molecule has 0 saturated heterocycles. The van der Waals surface area contributed by atoms with Crippen LogP contribution < -0.4 is 5.32 Å². The van der Waals surface area contributed by atoms with Crippen molar-refractivity contribution in [1.29, 1.82) is 0 Å². The van der Waals surface area contributed by atoms with E-state index in [1.807, 2.05) is 0 Å². The molecular formula is C17H13ClF3NO. The lowest BCUT2D eigenvalue weighted by atomic mass is 10.1. The Morgan fingerprint density at radius 2 is 1.87 bits per heavy atom. The summed E-state index contributed by atoms with van der Waals surface area (Å²) in [6.07, 6.45) is -1.89. The van der Waals surface area contributed by atoms with Gasteiger partial charge in [0.25, 0.3) is 0 Å². The number of halogens is 4. The van der Waals surface area contributed by atoms with Crippen molar-refractivity contribution in [3.8, 4) is 0 Å². The number of benzene rings is 2. The number of alkyl halides is 3. The van der Waals surface area contributed by atoms with Crippen LogP contribution in [0, 0.1) is 0 Å². The van der Waals surface area contributed by atoms with Gasteiger partial charge in [-0.15, -0.1) is 0 Å². The van der Waals surface area contributed by atoms with Crippen molar-refractivity contribution in [3.05, 3.63) is 76.3 Å². The average molecular weight is 340 g/mol. The van der Waals surface area contributed by atoms with Gasteiger partial charge in [-0.2, -0.15) is 13.2 Å². The minimum absolute atomic E-state index is 0.242. The Hall–Kier alpha value is -2.27. The topological polar surface area (TPSA) is 29.1 Å². The highest BCUT2D eigenvalue weighted by Gasteiger charge is 2.30. The molecule has 1 N–H and O–H groups in total. The highest BCUT2D eigenvalue weighted by Crippen LogP contribution is 2.29. The summed E-state index contributed by atoms with van der Waals surface area (Å²) < 4.78 is 37.8. The molecule has 0 aliphatic carbocycles. The Labute approximate surface area is 136 Å². The van der Waals surface area contributed by atoms with Gasteiger partial charge >= 0.3 is 6.18 Å². The number of carbonyl (C=O) groups is 1. The van der Waals surface area contributed by atoms with Crippen LogP contribution in [-0.2, 0) is 17.5 Å². The summed E-state index contributed by atoms with van der Waals surface area (Å²) >= 11 is 5.96. The van der Waals surface area contributed by atoms with E-state index in [2.05, 4.69) is 5.32 Å². The third kappa shape index (κ3) is 5.14. The molecule has 23 heavy (non-hydrogen) atoms. The summed E-state index contributed by atoms with van der Waals surface area (Å²) in [5.41, 5.74) is 0.304. The summed E-state index contributed by atoms with van der Waals surface area (Å²) in [6.45, 7) is 0.242. The van der Waals surface area contributed by atoms with Gasteiger partial charge in [-0.3, -0.25) is 4.79 Å². The lowest BCUT2D eigenvalue weighted by molar-refractivity contribution is -0.137. The van der Waals surface area contributed by atoms with Crippen molar-refractivity contribution >= 4 is 23.6 Å². The molecule has 2 aromatic carbocycles. The second-order valence-electron chi connectivity index (χ2n) is 4.77. The lowest BCUT2D eigenvalue weighted by Gasteiger charge is -2.07. The van der Waals surface area contributed by atoms with E-state index in [1.54, 1.807) is 24.3 Å². The second-order valence-corrected chi connectivity index (χ2v) is 5.17.